The number of ether oxygens (including phenoxy) is 1. The van der Waals surface area contributed by atoms with Gasteiger partial charge in [0.1, 0.15) is 5.75 Å². The Bertz CT molecular complexity index is 569. The summed E-state index contributed by atoms with van der Waals surface area (Å²) in [6.07, 6.45) is 1.40. The quantitative estimate of drug-likeness (QED) is 0.825. The van der Waals surface area contributed by atoms with Crippen LogP contribution in [0.5, 0.6) is 5.75 Å². The van der Waals surface area contributed by atoms with Gasteiger partial charge in [0.25, 0.3) is 5.91 Å². The molecule has 7 heteroatoms. The van der Waals surface area contributed by atoms with E-state index in [1.807, 2.05) is 6.92 Å². The summed E-state index contributed by atoms with van der Waals surface area (Å²) in [5.74, 6) is 0.342. The van der Waals surface area contributed by atoms with Gasteiger partial charge < -0.3 is 10.1 Å². The first-order valence-electron chi connectivity index (χ1n) is 6.74. The van der Waals surface area contributed by atoms with Crippen LogP contribution in [-0.2, 0) is 14.8 Å². The maximum absolute atomic E-state index is 11.7. The molecule has 21 heavy (non-hydrogen) atoms. The van der Waals surface area contributed by atoms with E-state index >= 15 is 0 Å². The Morgan fingerprint density at radius 2 is 1.90 bits per heavy atom. The van der Waals surface area contributed by atoms with E-state index < -0.39 is 16.1 Å². The second-order valence-electron chi connectivity index (χ2n) is 4.78. The summed E-state index contributed by atoms with van der Waals surface area (Å²) in [6, 6.07) is 6.54. The first-order chi connectivity index (χ1) is 9.75. The molecule has 1 rings (SSSR count). The molecular weight excluding hydrogens is 292 g/mol. The van der Waals surface area contributed by atoms with Crippen LogP contribution in [0, 0.1) is 0 Å². The lowest BCUT2D eigenvalue weighted by Crippen LogP contribution is -2.36. The van der Waals surface area contributed by atoms with Gasteiger partial charge in [0.15, 0.2) is 6.10 Å². The zero-order chi connectivity index (χ0) is 16.0. The molecule has 0 aromatic heterocycles. The van der Waals surface area contributed by atoms with Gasteiger partial charge in [-0.2, -0.15) is 0 Å². The minimum atomic E-state index is -3.29. The second-order valence-corrected chi connectivity index (χ2v) is 6.79. The molecule has 1 atom stereocenters. The van der Waals surface area contributed by atoms with Crippen molar-refractivity contribution in [3.8, 4) is 5.75 Å². The molecule has 0 unspecified atom stereocenters. The number of nitrogens with zero attached hydrogens (tertiary/aromatic N) is 1. The molecule has 0 aliphatic carbocycles. The number of benzene rings is 1. The average molecular weight is 314 g/mol. The number of hydrogen-bond donors (Lipinski definition) is 1. The van der Waals surface area contributed by atoms with Crippen molar-refractivity contribution >= 4 is 21.6 Å². The molecule has 0 aliphatic rings. The Morgan fingerprint density at radius 3 is 2.38 bits per heavy atom. The maximum Gasteiger partial charge on any atom is 0.260 e. The summed E-state index contributed by atoms with van der Waals surface area (Å²) >= 11 is 0. The van der Waals surface area contributed by atoms with Crippen molar-refractivity contribution in [2.75, 3.05) is 24.2 Å². The SMILES string of the molecule is CCCNC(=O)[C@H](C)Oc1ccc(N(C)S(C)(=O)=O)cc1. The van der Waals surface area contributed by atoms with Crippen LogP contribution in [0.25, 0.3) is 0 Å². The molecule has 1 amide bonds. The first-order valence-corrected chi connectivity index (χ1v) is 8.59. The molecule has 0 bridgehead atoms. The molecule has 0 heterocycles. The van der Waals surface area contributed by atoms with E-state index in [0.29, 0.717) is 18.0 Å². The fourth-order valence-electron chi connectivity index (χ4n) is 1.58. The molecule has 118 valence electrons. The van der Waals surface area contributed by atoms with Crippen LogP contribution in [0.1, 0.15) is 20.3 Å². The van der Waals surface area contributed by atoms with E-state index in [1.54, 1.807) is 31.2 Å². The molecule has 0 spiro atoms. The minimum absolute atomic E-state index is 0.172. The molecule has 6 nitrogen and oxygen atoms in total. The second kappa shape index (κ2) is 7.31. The number of nitrogens with one attached hydrogen (secondary N) is 1. The fraction of sp³-hybridized carbons (Fsp3) is 0.500. The predicted octanol–water partition coefficient (Wildman–Crippen LogP) is 1.38. The van der Waals surface area contributed by atoms with Crippen molar-refractivity contribution in [3.05, 3.63) is 24.3 Å². The van der Waals surface area contributed by atoms with Crippen molar-refractivity contribution in [2.24, 2.45) is 0 Å². The number of rotatable bonds is 7. The predicted molar refractivity (Wildman–Crippen MR) is 83.1 cm³/mol. The van der Waals surface area contributed by atoms with Crippen molar-refractivity contribution < 1.29 is 17.9 Å². The van der Waals surface area contributed by atoms with Gasteiger partial charge in [-0.25, -0.2) is 8.42 Å². The zero-order valence-electron chi connectivity index (χ0n) is 12.8. The summed E-state index contributed by atoms with van der Waals surface area (Å²) in [6.45, 7) is 4.26. The first kappa shape index (κ1) is 17.3. The van der Waals surface area contributed by atoms with Gasteiger partial charge >= 0.3 is 0 Å². The standard InChI is InChI=1S/C14H22N2O4S/c1-5-10-15-14(17)11(2)20-13-8-6-12(7-9-13)16(3)21(4,18)19/h6-9,11H,5,10H2,1-4H3,(H,15,17)/t11-/m0/s1. The van der Waals surface area contributed by atoms with Crippen LogP contribution in [0.2, 0.25) is 0 Å². The lowest BCUT2D eigenvalue weighted by molar-refractivity contribution is -0.127. The van der Waals surface area contributed by atoms with Crippen molar-refractivity contribution in [3.63, 3.8) is 0 Å². The Morgan fingerprint density at radius 1 is 1.33 bits per heavy atom. The van der Waals surface area contributed by atoms with Gasteiger partial charge in [-0.3, -0.25) is 9.10 Å². The van der Waals surface area contributed by atoms with Crippen LogP contribution in [0.15, 0.2) is 24.3 Å². The number of hydrogen-bond acceptors (Lipinski definition) is 4. The minimum Gasteiger partial charge on any atom is -0.481 e. The molecule has 0 saturated heterocycles. The summed E-state index contributed by atoms with van der Waals surface area (Å²) < 4.78 is 29.5. The van der Waals surface area contributed by atoms with Gasteiger partial charge in [-0.15, -0.1) is 0 Å². The third-order valence-corrected chi connectivity index (χ3v) is 4.13. The number of sulfonamides is 1. The van der Waals surface area contributed by atoms with E-state index in [-0.39, 0.29) is 5.91 Å². The fourth-order valence-corrected chi connectivity index (χ4v) is 2.08. The molecular formula is C14H22N2O4S. The van der Waals surface area contributed by atoms with Gasteiger partial charge in [0, 0.05) is 13.6 Å². The van der Waals surface area contributed by atoms with Gasteiger partial charge in [-0.1, -0.05) is 6.92 Å². The third-order valence-electron chi connectivity index (χ3n) is 2.93. The van der Waals surface area contributed by atoms with Gasteiger partial charge in [-0.05, 0) is 37.6 Å². The highest BCUT2D eigenvalue weighted by Crippen LogP contribution is 2.20. The smallest absolute Gasteiger partial charge is 0.260 e. The van der Waals surface area contributed by atoms with Crippen molar-refractivity contribution in [1.82, 2.24) is 5.32 Å². The Hall–Kier alpha value is -1.76. The molecule has 0 saturated carbocycles. The highest BCUT2D eigenvalue weighted by atomic mass is 32.2. The van der Waals surface area contributed by atoms with Crippen LogP contribution in [0.4, 0.5) is 5.69 Å². The van der Waals surface area contributed by atoms with Crippen LogP contribution in [-0.4, -0.2) is 40.3 Å². The number of carbonyl (C=O) groups excluding carboxylic acids is 1. The van der Waals surface area contributed by atoms with E-state index in [9.17, 15) is 13.2 Å². The summed E-state index contributed by atoms with van der Waals surface area (Å²) in [4.78, 5) is 11.7. The van der Waals surface area contributed by atoms with Crippen molar-refractivity contribution in [2.45, 2.75) is 26.4 Å². The molecule has 1 N–H and O–H groups in total. The van der Waals surface area contributed by atoms with Crippen LogP contribution in [0.3, 0.4) is 0 Å². The third kappa shape index (κ3) is 5.26. The van der Waals surface area contributed by atoms with Gasteiger partial charge in [0.05, 0.1) is 11.9 Å². The number of carbonyl (C=O) groups is 1. The van der Waals surface area contributed by atoms with E-state index in [4.69, 9.17) is 4.74 Å². The van der Waals surface area contributed by atoms with E-state index in [2.05, 4.69) is 5.32 Å². The van der Waals surface area contributed by atoms with Crippen molar-refractivity contribution in [1.29, 1.82) is 0 Å². The highest BCUT2D eigenvalue weighted by molar-refractivity contribution is 7.92. The largest absolute Gasteiger partial charge is 0.481 e. The normalized spacial score (nSPS) is 12.6. The summed E-state index contributed by atoms with van der Waals surface area (Å²) in [5.41, 5.74) is 0.535. The Kier molecular flexibility index (Phi) is 6.02. The maximum atomic E-state index is 11.7. The molecule has 0 radical (unpaired) electrons. The summed E-state index contributed by atoms with van der Waals surface area (Å²) in [7, 11) is -1.81. The van der Waals surface area contributed by atoms with Crippen LogP contribution >= 0.6 is 0 Å². The van der Waals surface area contributed by atoms with E-state index in [0.717, 1.165) is 12.7 Å². The monoisotopic (exact) mass is 314 g/mol. The molecule has 1 aromatic carbocycles. The molecule has 0 fully saturated rings. The lowest BCUT2D eigenvalue weighted by atomic mass is 10.3. The topological polar surface area (TPSA) is 75.7 Å². The molecule has 0 aliphatic heterocycles. The average Bonchev–Trinajstić information content (AvgIpc) is 2.43. The van der Waals surface area contributed by atoms with Gasteiger partial charge in [0.2, 0.25) is 10.0 Å². The Balaban J connectivity index is 2.69. The van der Waals surface area contributed by atoms with E-state index in [1.165, 1.54) is 11.4 Å². The number of anilines is 1. The van der Waals surface area contributed by atoms with Crippen LogP contribution < -0.4 is 14.4 Å². The lowest BCUT2D eigenvalue weighted by Gasteiger charge is -2.18. The zero-order valence-corrected chi connectivity index (χ0v) is 13.6. The number of amides is 1. The molecule has 1 aromatic rings. The Labute approximate surface area is 126 Å². The summed E-state index contributed by atoms with van der Waals surface area (Å²) in [5, 5.41) is 2.75. The highest BCUT2D eigenvalue weighted by Gasteiger charge is 2.15.